The highest BCUT2D eigenvalue weighted by Gasteiger charge is 2.13. The zero-order chi connectivity index (χ0) is 14.7. The van der Waals surface area contributed by atoms with Crippen LogP contribution in [0.15, 0.2) is 48.5 Å². The number of hydrogen-bond acceptors (Lipinski definition) is 3. The third-order valence-corrected chi connectivity index (χ3v) is 3.11. The Labute approximate surface area is 121 Å². The standard InChI is InChI=1S/C16H15N3O2/c1-2-21-12-9-7-11(8-10-12)17-16(20)15-13-5-3-4-6-14(13)18-19-15/h3-10H,2H2,1H3,(H,17,20)(H,18,19). The topological polar surface area (TPSA) is 67.0 Å². The maximum Gasteiger partial charge on any atom is 0.276 e. The number of nitrogens with zero attached hydrogens (tertiary/aromatic N) is 1. The smallest absolute Gasteiger partial charge is 0.276 e. The van der Waals surface area contributed by atoms with Crippen molar-refractivity contribution in [1.29, 1.82) is 0 Å². The minimum atomic E-state index is -0.239. The molecule has 0 saturated heterocycles. The van der Waals surface area contributed by atoms with E-state index < -0.39 is 0 Å². The molecule has 3 aromatic rings. The normalized spacial score (nSPS) is 10.5. The summed E-state index contributed by atoms with van der Waals surface area (Å²) in [6, 6.07) is 14.8. The van der Waals surface area contributed by atoms with Crippen LogP contribution in [-0.4, -0.2) is 22.7 Å². The number of para-hydroxylation sites is 1. The number of anilines is 1. The molecule has 0 atom stereocenters. The Kier molecular flexibility index (Phi) is 3.55. The van der Waals surface area contributed by atoms with Gasteiger partial charge in [-0.25, -0.2) is 0 Å². The van der Waals surface area contributed by atoms with Gasteiger partial charge in [0.05, 0.1) is 12.1 Å². The molecule has 0 bridgehead atoms. The molecule has 3 rings (SSSR count). The van der Waals surface area contributed by atoms with E-state index in [2.05, 4.69) is 15.5 Å². The highest BCUT2D eigenvalue weighted by molar-refractivity contribution is 6.11. The molecule has 1 heterocycles. The largest absolute Gasteiger partial charge is 0.494 e. The van der Waals surface area contributed by atoms with E-state index in [4.69, 9.17) is 4.74 Å². The number of hydrogen-bond donors (Lipinski definition) is 2. The summed E-state index contributed by atoms with van der Waals surface area (Å²) in [5.41, 5.74) is 1.93. The lowest BCUT2D eigenvalue weighted by Gasteiger charge is -2.06. The molecular formula is C16H15N3O2. The molecule has 5 heteroatoms. The summed E-state index contributed by atoms with van der Waals surface area (Å²) < 4.78 is 5.37. The van der Waals surface area contributed by atoms with Crippen molar-refractivity contribution in [1.82, 2.24) is 10.2 Å². The predicted octanol–water partition coefficient (Wildman–Crippen LogP) is 3.21. The maximum absolute atomic E-state index is 12.3. The Hall–Kier alpha value is -2.82. The van der Waals surface area contributed by atoms with E-state index in [-0.39, 0.29) is 5.91 Å². The molecule has 0 unspecified atom stereocenters. The highest BCUT2D eigenvalue weighted by atomic mass is 16.5. The molecule has 0 fully saturated rings. The van der Waals surface area contributed by atoms with E-state index in [1.165, 1.54) is 0 Å². The fourth-order valence-electron chi connectivity index (χ4n) is 2.13. The van der Waals surface area contributed by atoms with Gasteiger partial charge in [-0.05, 0) is 37.3 Å². The Morgan fingerprint density at radius 3 is 2.71 bits per heavy atom. The van der Waals surface area contributed by atoms with Crippen LogP contribution in [0.1, 0.15) is 17.4 Å². The van der Waals surface area contributed by atoms with Gasteiger partial charge in [0.15, 0.2) is 5.69 Å². The molecule has 1 aromatic heterocycles. The fraction of sp³-hybridized carbons (Fsp3) is 0.125. The first-order valence-corrected chi connectivity index (χ1v) is 6.75. The molecule has 106 valence electrons. The second kappa shape index (κ2) is 5.66. The van der Waals surface area contributed by atoms with Gasteiger partial charge in [0.25, 0.3) is 5.91 Å². The van der Waals surface area contributed by atoms with Gasteiger partial charge in [-0.2, -0.15) is 5.10 Å². The van der Waals surface area contributed by atoms with Crippen molar-refractivity contribution >= 4 is 22.5 Å². The van der Waals surface area contributed by atoms with Crippen molar-refractivity contribution in [2.45, 2.75) is 6.92 Å². The number of rotatable bonds is 4. The van der Waals surface area contributed by atoms with Gasteiger partial charge in [-0.3, -0.25) is 9.89 Å². The van der Waals surface area contributed by atoms with Gasteiger partial charge in [0, 0.05) is 11.1 Å². The maximum atomic E-state index is 12.3. The van der Waals surface area contributed by atoms with Gasteiger partial charge < -0.3 is 10.1 Å². The summed E-state index contributed by atoms with van der Waals surface area (Å²) >= 11 is 0. The molecule has 0 aliphatic rings. The van der Waals surface area contributed by atoms with Gasteiger partial charge in [-0.1, -0.05) is 18.2 Å². The van der Waals surface area contributed by atoms with E-state index in [1.54, 1.807) is 12.1 Å². The molecule has 2 N–H and O–H groups in total. The lowest BCUT2D eigenvalue weighted by Crippen LogP contribution is -2.12. The molecule has 1 amide bonds. The minimum Gasteiger partial charge on any atom is -0.494 e. The lowest BCUT2D eigenvalue weighted by molar-refractivity contribution is 0.102. The molecule has 5 nitrogen and oxygen atoms in total. The fourth-order valence-corrected chi connectivity index (χ4v) is 2.13. The first kappa shape index (κ1) is 13.2. The molecule has 0 saturated carbocycles. The van der Waals surface area contributed by atoms with Crippen molar-refractivity contribution in [3.63, 3.8) is 0 Å². The number of carbonyl (C=O) groups excluding carboxylic acids is 1. The summed E-state index contributed by atoms with van der Waals surface area (Å²) in [5.74, 6) is 0.539. The van der Waals surface area contributed by atoms with Crippen molar-refractivity contribution in [3.05, 3.63) is 54.2 Å². The van der Waals surface area contributed by atoms with Gasteiger partial charge in [0.2, 0.25) is 0 Å². The zero-order valence-electron chi connectivity index (χ0n) is 11.6. The van der Waals surface area contributed by atoms with Crippen LogP contribution in [-0.2, 0) is 0 Å². The number of carbonyl (C=O) groups is 1. The second-order valence-electron chi connectivity index (χ2n) is 4.53. The van der Waals surface area contributed by atoms with Crippen LogP contribution in [0.2, 0.25) is 0 Å². The predicted molar refractivity (Wildman–Crippen MR) is 81.7 cm³/mol. The number of aromatic amines is 1. The number of aromatic nitrogens is 2. The lowest BCUT2D eigenvalue weighted by atomic mass is 10.2. The van der Waals surface area contributed by atoms with Gasteiger partial charge in [-0.15, -0.1) is 0 Å². The molecular weight excluding hydrogens is 266 g/mol. The van der Waals surface area contributed by atoms with Crippen molar-refractivity contribution in [2.75, 3.05) is 11.9 Å². The number of H-pyrrole nitrogens is 1. The Morgan fingerprint density at radius 1 is 1.19 bits per heavy atom. The van der Waals surface area contributed by atoms with E-state index in [1.807, 2.05) is 43.3 Å². The number of ether oxygens (including phenoxy) is 1. The third-order valence-electron chi connectivity index (χ3n) is 3.11. The van der Waals surface area contributed by atoms with Gasteiger partial charge in [0.1, 0.15) is 5.75 Å². The monoisotopic (exact) mass is 281 g/mol. The number of benzene rings is 2. The highest BCUT2D eigenvalue weighted by Crippen LogP contribution is 2.19. The summed E-state index contributed by atoms with van der Waals surface area (Å²) in [6.07, 6.45) is 0. The second-order valence-corrected chi connectivity index (χ2v) is 4.53. The van der Waals surface area contributed by atoms with E-state index in [0.29, 0.717) is 18.0 Å². The third kappa shape index (κ3) is 2.72. The first-order valence-electron chi connectivity index (χ1n) is 6.75. The molecule has 0 aliphatic carbocycles. The number of fused-ring (bicyclic) bond motifs is 1. The molecule has 21 heavy (non-hydrogen) atoms. The zero-order valence-corrected chi connectivity index (χ0v) is 11.6. The van der Waals surface area contributed by atoms with Crippen molar-refractivity contribution in [2.24, 2.45) is 0 Å². The van der Waals surface area contributed by atoms with Crippen LogP contribution >= 0.6 is 0 Å². The number of amides is 1. The van der Waals surface area contributed by atoms with Crippen LogP contribution in [0.25, 0.3) is 10.9 Å². The quantitative estimate of drug-likeness (QED) is 0.771. The first-order chi connectivity index (χ1) is 10.3. The van der Waals surface area contributed by atoms with Crippen LogP contribution in [0.5, 0.6) is 5.75 Å². The van der Waals surface area contributed by atoms with E-state index >= 15 is 0 Å². The molecule has 2 aromatic carbocycles. The Balaban J connectivity index is 1.79. The SMILES string of the molecule is CCOc1ccc(NC(=O)c2n[nH]c3ccccc23)cc1. The average molecular weight is 281 g/mol. The summed E-state index contributed by atoms with van der Waals surface area (Å²) in [7, 11) is 0. The number of nitrogens with one attached hydrogen (secondary N) is 2. The molecule has 0 aliphatic heterocycles. The minimum absolute atomic E-state index is 0.239. The molecule has 0 radical (unpaired) electrons. The van der Waals surface area contributed by atoms with Crippen LogP contribution in [0, 0.1) is 0 Å². The van der Waals surface area contributed by atoms with Gasteiger partial charge >= 0.3 is 0 Å². The van der Waals surface area contributed by atoms with Crippen LogP contribution in [0.3, 0.4) is 0 Å². The van der Waals surface area contributed by atoms with Crippen molar-refractivity contribution < 1.29 is 9.53 Å². The summed E-state index contributed by atoms with van der Waals surface area (Å²) in [5, 5.41) is 10.6. The van der Waals surface area contributed by atoms with E-state index in [9.17, 15) is 4.79 Å². The summed E-state index contributed by atoms with van der Waals surface area (Å²) in [6.45, 7) is 2.54. The summed E-state index contributed by atoms with van der Waals surface area (Å²) in [4.78, 5) is 12.3. The Bertz CT molecular complexity index is 763. The van der Waals surface area contributed by atoms with Crippen molar-refractivity contribution in [3.8, 4) is 5.75 Å². The van der Waals surface area contributed by atoms with Crippen LogP contribution in [0.4, 0.5) is 5.69 Å². The Morgan fingerprint density at radius 2 is 1.95 bits per heavy atom. The van der Waals surface area contributed by atoms with E-state index in [0.717, 1.165) is 16.7 Å². The molecule has 0 spiro atoms. The average Bonchev–Trinajstić information content (AvgIpc) is 2.93. The van der Waals surface area contributed by atoms with Crippen LogP contribution < -0.4 is 10.1 Å².